The Labute approximate surface area is 116 Å². The lowest BCUT2D eigenvalue weighted by atomic mass is 9.89. The largest absolute Gasteiger partial charge is 0.360 e. The van der Waals surface area contributed by atoms with E-state index in [0.717, 1.165) is 36.4 Å². The minimum Gasteiger partial charge on any atom is -0.360 e. The highest BCUT2D eigenvalue weighted by Gasteiger charge is 2.23. The number of nitrogens with zero attached hydrogens (tertiary/aromatic N) is 2. The van der Waals surface area contributed by atoms with Gasteiger partial charge in [-0.25, -0.2) is 0 Å². The van der Waals surface area contributed by atoms with Crippen LogP contribution in [-0.2, 0) is 13.1 Å². The van der Waals surface area contributed by atoms with Crippen LogP contribution in [0, 0.1) is 11.8 Å². The molecule has 1 fully saturated rings. The number of likely N-dealkylation sites (tertiary alicyclic amines) is 1. The highest BCUT2D eigenvalue weighted by Crippen LogP contribution is 2.23. The number of nitrogens with one attached hydrogen (secondary N) is 1. The van der Waals surface area contributed by atoms with E-state index in [9.17, 15) is 0 Å². The second-order valence-corrected chi connectivity index (χ2v) is 6.30. The van der Waals surface area contributed by atoms with Crippen LogP contribution in [0.15, 0.2) is 10.6 Å². The molecule has 1 aliphatic heterocycles. The quantitative estimate of drug-likeness (QED) is 0.888. The fraction of sp³-hybridized carbons (Fsp3) is 0.800. The predicted octanol–water partition coefficient (Wildman–Crippen LogP) is 2.65. The van der Waals surface area contributed by atoms with Crippen LogP contribution in [0.1, 0.15) is 45.6 Å². The van der Waals surface area contributed by atoms with Gasteiger partial charge in [-0.1, -0.05) is 32.9 Å². The van der Waals surface area contributed by atoms with Gasteiger partial charge in [-0.3, -0.25) is 4.90 Å². The van der Waals surface area contributed by atoms with Crippen LogP contribution in [0.4, 0.5) is 0 Å². The SMILES string of the molecule is CC(C)NCc1cc(CN2CCC(C)C(C)C2)on1. The van der Waals surface area contributed by atoms with E-state index in [1.54, 1.807) is 0 Å². The van der Waals surface area contributed by atoms with E-state index in [1.807, 2.05) is 0 Å². The summed E-state index contributed by atoms with van der Waals surface area (Å²) in [7, 11) is 0. The Bertz CT molecular complexity index is 388. The van der Waals surface area contributed by atoms with E-state index in [2.05, 4.69) is 49.1 Å². The van der Waals surface area contributed by atoms with Gasteiger partial charge < -0.3 is 9.84 Å². The summed E-state index contributed by atoms with van der Waals surface area (Å²) < 4.78 is 5.43. The average molecular weight is 265 g/mol. The summed E-state index contributed by atoms with van der Waals surface area (Å²) in [5.41, 5.74) is 1.00. The fourth-order valence-corrected chi connectivity index (χ4v) is 2.54. The molecule has 4 heteroatoms. The molecule has 19 heavy (non-hydrogen) atoms. The van der Waals surface area contributed by atoms with Crippen LogP contribution >= 0.6 is 0 Å². The Hall–Kier alpha value is -0.870. The summed E-state index contributed by atoms with van der Waals surface area (Å²) >= 11 is 0. The van der Waals surface area contributed by atoms with Crippen molar-refractivity contribution in [2.24, 2.45) is 11.8 Å². The van der Waals surface area contributed by atoms with Gasteiger partial charge >= 0.3 is 0 Å². The molecule has 2 atom stereocenters. The van der Waals surface area contributed by atoms with Crippen LogP contribution in [0.3, 0.4) is 0 Å². The molecule has 0 bridgehead atoms. The predicted molar refractivity (Wildman–Crippen MR) is 76.7 cm³/mol. The average Bonchev–Trinajstić information content (AvgIpc) is 2.79. The summed E-state index contributed by atoms with van der Waals surface area (Å²) in [5.74, 6) is 2.61. The molecule has 2 heterocycles. The highest BCUT2D eigenvalue weighted by molar-refractivity contribution is 5.05. The maximum atomic E-state index is 5.43. The van der Waals surface area contributed by atoms with E-state index in [-0.39, 0.29) is 0 Å². The van der Waals surface area contributed by atoms with E-state index in [0.29, 0.717) is 6.04 Å². The third-order valence-electron chi connectivity index (χ3n) is 4.10. The zero-order chi connectivity index (χ0) is 13.8. The van der Waals surface area contributed by atoms with Crippen molar-refractivity contribution in [3.63, 3.8) is 0 Å². The molecule has 0 radical (unpaired) electrons. The van der Waals surface area contributed by atoms with Gasteiger partial charge in [0, 0.05) is 25.2 Å². The first-order valence-electron chi connectivity index (χ1n) is 7.44. The zero-order valence-electron chi connectivity index (χ0n) is 12.6. The van der Waals surface area contributed by atoms with Crippen molar-refractivity contribution in [1.82, 2.24) is 15.4 Å². The maximum absolute atomic E-state index is 5.43. The summed E-state index contributed by atoms with van der Waals surface area (Å²) in [4.78, 5) is 2.48. The highest BCUT2D eigenvalue weighted by atomic mass is 16.5. The molecule has 1 N–H and O–H groups in total. The Balaban J connectivity index is 1.83. The van der Waals surface area contributed by atoms with E-state index in [4.69, 9.17) is 4.52 Å². The summed E-state index contributed by atoms with van der Waals surface area (Å²) in [6.45, 7) is 13.0. The Morgan fingerprint density at radius 3 is 2.89 bits per heavy atom. The molecule has 1 aromatic heterocycles. The van der Waals surface area contributed by atoms with Crippen molar-refractivity contribution in [3.05, 3.63) is 17.5 Å². The molecule has 1 aliphatic rings. The van der Waals surface area contributed by atoms with Crippen molar-refractivity contribution in [3.8, 4) is 0 Å². The normalized spacial score (nSPS) is 25.1. The second-order valence-electron chi connectivity index (χ2n) is 6.30. The number of hydrogen-bond donors (Lipinski definition) is 1. The molecular formula is C15H27N3O. The summed E-state index contributed by atoms with van der Waals surface area (Å²) in [6, 6.07) is 2.56. The van der Waals surface area contributed by atoms with Crippen molar-refractivity contribution in [2.75, 3.05) is 13.1 Å². The third-order valence-corrected chi connectivity index (χ3v) is 4.10. The molecule has 4 nitrogen and oxygen atoms in total. The van der Waals surface area contributed by atoms with Gasteiger partial charge in [0.15, 0.2) is 5.76 Å². The Morgan fingerprint density at radius 2 is 2.21 bits per heavy atom. The number of piperidine rings is 1. The molecule has 2 rings (SSSR count). The van der Waals surface area contributed by atoms with Crippen LogP contribution in [-0.4, -0.2) is 29.2 Å². The lowest BCUT2D eigenvalue weighted by Gasteiger charge is -2.34. The van der Waals surface area contributed by atoms with Gasteiger partial charge in [0.2, 0.25) is 0 Å². The van der Waals surface area contributed by atoms with Crippen LogP contribution in [0.2, 0.25) is 0 Å². The van der Waals surface area contributed by atoms with Crippen molar-refractivity contribution in [1.29, 1.82) is 0 Å². The molecule has 0 aromatic carbocycles. The lowest BCUT2D eigenvalue weighted by molar-refractivity contribution is 0.121. The van der Waals surface area contributed by atoms with E-state index in [1.165, 1.54) is 19.5 Å². The third kappa shape index (κ3) is 4.32. The first kappa shape index (κ1) is 14.5. The molecule has 0 amide bonds. The van der Waals surface area contributed by atoms with Gasteiger partial charge in [-0.05, 0) is 24.8 Å². The van der Waals surface area contributed by atoms with E-state index < -0.39 is 0 Å². The van der Waals surface area contributed by atoms with Gasteiger partial charge in [-0.15, -0.1) is 0 Å². The number of hydrogen-bond acceptors (Lipinski definition) is 4. The lowest BCUT2D eigenvalue weighted by Crippen LogP contribution is -2.37. The molecule has 0 saturated carbocycles. The molecule has 0 aliphatic carbocycles. The monoisotopic (exact) mass is 265 g/mol. The molecule has 1 aromatic rings. The van der Waals surface area contributed by atoms with Gasteiger partial charge in [-0.2, -0.15) is 0 Å². The Kier molecular flexibility index (Phi) is 4.99. The van der Waals surface area contributed by atoms with Crippen LogP contribution < -0.4 is 5.32 Å². The molecular weight excluding hydrogens is 238 g/mol. The molecule has 2 unspecified atom stereocenters. The Morgan fingerprint density at radius 1 is 1.42 bits per heavy atom. The standard InChI is InChI=1S/C15H27N3O/c1-11(2)16-8-14-7-15(19-17-14)10-18-6-5-12(3)13(4)9-18/h7,11-13,16H,5-6,8-10H2,1-4H3. The van der Waals surface area contributed by atoms with Crippen molar-refractivity contribution < 1.29 is 4.52 Å². The minimum atomic E-state index is 0.476. The number of aromatic nitrogens is 1. The smallest absolute Gasteiger partial charge is 0.151 e. The maximum Gasteiger partial charge on any atom is 0.151 e. The fourth-order valence-electron chi connectivity index (χ4n) is 2.54. The topological polar surface area (TPSA) is 41.3 Å². The molecule has 108 valence electrons. The molecule has 1 saturated heterocycles. The first-order valence-corrected chi connectivity index (χ1v) is 7.44. The number of rotatable bonds is 5. The van der Waals surface area contributed by atoms with E-state index >= 15 is 0 Å². The van der Waals surface area contributed by atoms with Gasteiger partial charge in [0.05, 0.1) is 12.2 Å². The van der Waals surface area contributed by atoms with Crippen molar-refractivity contribution >= 4 is 0 Å². The zero-order valence-corrected chi connectivity index (χ0v) is 12.6. The van der Waals surface area contributed by atoms with Crippen LogP contribution in [0.5, 0.6) is 0 Å². The van der Waals surface area contributed by atoms with Gasteiger partial charge in [0.1, 0.15) is 0 Å². The first-order chi connectivity index (χ1) is 9.04. The summed E-state index contributed by atoms with van der Waals surface area (Å²) in [5, 5.41) is 7.48. The molecule has 0 spiro atoms. The summed E-state index contributed by atoms with van der Waals surface area (Å²) in [6.07, 6.45) is 1.29. The second kappa shape index (κ2) is 6.53. The van der Waals surface area contributed by atoms with Gasteiger partial charge in [0.25, 0.3) is 0 Å². The van der Waals surface area contributed by atoms with Crippen LogP contribution in [0.25, 0.3) is 0 Å². The van der Waals surface area contributed by atoms with Crippen molar-refractivity contribution in [2.45, 2.75) is 53.2 Å². The minimum absolute atomic E-state index is 0.476.